The van der Waals surface area contributed by atoms with Gasteiger partial charge in [0.05, 0.1) is 0 Å². The Kier molecular flexibility index (Phi) is 4.63. The van der Waals surface area contributed by atoms with Gasteiger partial charge in [-0.05, 0) is 59.5 Å². The highest BCUT2D eigenvalue weighted by molar-refractivity contribution is 6.06. The fourth-order valence-electron chi connectivity index (χ4n) is 3.64. The minimum atomic E-state index is -0.127. The Morgan fingerprint density at radius 3 is 2.63 bits per heavy atom. The molecule has 4 heteroatoms. The molecule has 2 amide bonds. The summed E-state index contributed by atoms with van der Waals surface area (Å²) in [5, 5.41) is 5.15. The number of nitrogens with zero attached hydrogens (tertiary/aromatic N) is 1. The summed E-state index contributed by atoms with van der Waals surface area (Å²) in [4.78, 5) is 26.7. The van der Waals surface area contributed by atoms with Gasteiger partial charge in [-0.25, -0.2) is 0 Å². The molecule has 0 saturated carbocycles. The van der Waals surface area contributed by atoms with Crippen LogP contribution >= 0.6 is 0 Å². The Labute approximate surface area is 158 Å². The second kappa shape index (κ2) is 7.23. The van der Waals surface area contributed by atoms with Crippen molar-refractivity contribution >= 4 is 34.0 Å². The van der Waals surface area contributed by atoms with Crippen LogP contribution < -0.4 is 10.2 Å². The molecule has 0 bridgehead atoms. The molecule has 0 aliphatic carbocycles. The fraction of sp³-hybridized carbons (Fsp3) is 0.217. The molecule has 0 saturated heterocycles. The van der Waals surface area contributed by atoms with E-state index in [1.807, 2.05) is 65.6 Å². The Morgan fingerprint density at radius 2 is 1.81 bits per heavy atom. The number of fused-ring (bicyclic) bond motifs is 2. The zero-order valence-corrected chi connectivity index (χ0v) is 15.4. The van der Waals surface area contributed by atoms with E-state index in [1.165, 1.54) is 0 Å². The van der Waals surface area contributed by atoms with E-state index in [4.69, 9.17) is 0 Å². The van der Waals surface area contributed by atoms with Crippen molar-refractivity contribution in [3.8, 4) is 0 Å². The molecule has 1 N–H and O–H groups in total. The average Bonchev–Trinajstić information content (AvgIpc) is 2.70. The van der Waals surface area contributed by atoms with Crippen molar-refractivity contribution in [3.63, 3.8) is 0 Å². The predicted octanol–water partition coefficient (Wildman–Crippen LogP) is 4.78. The van der Waals surface area contributed by atoms with Gasteiger partial charge in [0.1, 0.15) is 0 Å². The first-order valence-electron chi connectivity index (χ1n) is 9.39. The highest BCUT2D eigenvalue weighted by Crippen LogP contribution is 2.30. The molecule has 3 aromatic carbocycles. The largest absolute Gasteiger partial charge is 0.322 e. The van der Waals surface area contributed by atoms with Crippen LogP contribution in [0, 0.1) is 0 Å². The maximum atomic E-state index is 12.7. The third kappa shape index (κ3) is 3.43. The van der Waals surface area contributed by atoms with E-state index in [2.05, 4.69) is 12.2 Å². The predicted molar refractivity (Wildman–Crippen MR) is 109 cm³/mol. The average molecular weight is 358 g/mol. The van der Waals surface area contributed by atoms with Gasteiger partial charge in [-0.2, -0.15) is 0 Å². The summed E-state index contributed by atoms with van der Waals surface area (Å²) in [7, 11) is 0. The second-order valence-electron chi connectivity index (χ2n) is 6.90. The molecule has 4 rings (SSSR count). The zero-order chi connectivity index (χ0) is 18.8. The smallest absolute Gasteiger partial charge is 0.255 e. The van der Waals surface area contributed by atoms with E-state index in [-0.39, 0.29) is 11.8 Å². The van der Waals surface area contributed by atoms with E-state index in [9.17, 15) is 9.59 Å². The molecular weight excluding hydrogens is 336 g/mol. The normalized spacial score (nSPS) is 13.5. The summed E-state index contributed by atoms with van der Waals surface area (Å²) in [6, 6.07) is 19.5. The number of benzene rings is 3. The molecular formula is C23H22N2O2. The van der Waals surface area contributed by atoms with Crippen molar-refractivity contribution in [2.24, 2.45) is 0 Å². The van der Waals surface area contributed by atoms with Crippen LogP contribution in [0.5, 0.6) is 0 Å². The summed E-state index contributed by atoms with van der Waals surface area (Å²) in [5.74, 6) is 0.0512. The first-order valence-corrected chi connectivity index (χ1v) is 9.39. The van der Waals surface area contributed by atoms with E-state index in [0.717, 1.165) is 40.7 Å². The summed E-state index contributed by atoms with van der Waals surface area (Å²) >= 11 is 0. The molecule has 3 aromatic rings. The number of carbonyl (C=O) groups is 2. The van der Waals surface area contributed by atoms with E-state index in [1.54, 1.807) is 0 Å². The number of aryl methyl sites for hydroxylation is 1. The number of nitrogens with one attached hydrogen (secondary N) is 1. The van der Waals surface area contributed by atoms with Gasteiger partial charge in [0.15, 0.2) is 0 Å². The highest BCUT2D eigenvalue weighted by atomic mass is 16.2. The lowest BCUT2D eigenvalue weighted by atomic mass is 10.00. The van der Waals surface area contributed by atoms with Gasteiger partial charge < -0.3 is 10.2 Å². The Bertz CT molecular complexity index is 1030. The van der Waals surface area contributed by atoms with Crippen LogP contribution in [-0.2, 0) is 11.2 Å². The van der Waals surface area contributed by atoms with E-state index >= 15 is 0 Å². The maximum absolute atomic E-state index is 12.7. The SMILES string of the molecule is CCCN1C(=O)CCc2cc(NC(=O)c3ccc4ccccc4c3)ccc21. The second-order valence-corrected chi connectivity index (χ2v) is 6.90. The highest BCUT2D eigenvalue weighted by Gasteiger charge is 2.23. The van der Waals surface area contributed by atoms with Gasteiger partial charge in [-0.15, -0.1) is 0 Å². The lowest BCUT2D eigenvalue weighted by molar-refractivity contribution is -0.118. The number of hydrogen-bond donors (Lipinski definition) is 1. The molecule has 1 heterocycles. The van der Waals surface area contributed by atoms with Gasteiger partial charge in [-0.1, -0.05) is 37.3 Å². The number of anilines is 2. The van der Waals surface area contributed by atoms with E-state index in [0.29, 0.717) is 18.4 Å². The molecule has 0 aromatic heterocycles. The third-order valence-corrected chi connectivity index (χ3v) is 5.00. The van der Waals surface area contributed by atoms with Crippen LogP contribution in [0.4, 0.5) is 11.4 Å². The van der Waals surface area contributed by atoms with Crippen molar-refractivity contribution in [1.29, 1.82) is 0 Å². The molecule has 136 valence electrons. The van der Waals surface area contributed by atoms with Crippen molar-refractivity contribution in [1.82, 2.24) is 0 Å². The molecule has 0 atom stereocenters. The lowest BCUT2D eigenvalue weighted by Gasteiger charge is -2.29. The molecule has 0 spiro atoms. The zero-order valence-electron chi connectivity index (χ0n) is 15.4. The Hall–Kier alpha value is -3.14. The van der Waals surface area contributed by atoms with Gasteiger partial charge in [-0.3, -0.25) is 9.59 Å². The van der Waals surface area contributed by atoms with Crippen molar-refractivity contribution < 1.29 is 9.59 Å². The van der Waals surface area contributed by atoms with Crippen LogP contribution in [0.1, 0.15) is 35.7 Å². The van der Waals surface area contributed by atoms with Crippen LogP contribution in [-0.4, -0.2) is 18.4 Å². The summed E-state index contributed by atoms with van der Waals surface area (Å²) in [6.07, 6.45) is 2.16. The van der Waals surface area contributed by atoms with Crippen LogP contribution in [0.2, 0.25) is 0 Å². The Balaban J connectivity index is 1.57. The quantitative estimate of drug-likeness (QED) is 0.729. The molecule has 0 radical (unpaired) electrons. The third-order valence-electron chi connectivity index (χ3n) is 5.00. The molecule has 1 aliphatic rings. The van der Waals surface area contributed by atoms with Crippen molar-refractivity contribution in [2.75, 3.05) is 16.8 Å². The summed E-state index contributed by atoms with van der Waals surface area (Å²) in [5.41, 5.74) is 3.48. The summed E-state index contributed by atoms with van der Waals surface area (Å²) < 4.78 is 0. The molecule has 4 nitrogen and oxygen atoms in total. The fourth-order valence-corrected chi connectivity index (χ4v) is 3.64. The maximum Gasteiger partial charge on any atom is 0.255 e. The van der Waals surface area contributed by atoms with Gasteiger partial charge in [0, 0.05) is 29.9 Å². The Morgan fingerprint density at radius 1 is 1.00 bits per heavy atom. The standard InChI is InChI=1S/C23H22N2O2/c1-2-13-25-21-11-10-20(15-18(21)9-12-22(25)26)24-23(27)19-8-7-16-5-3-4-6-17(16)14-19/h3-8,10-11,14-15H,2,9,12-13H2,1H3,(H,24,27). The minimum Gasteiger partial charge on any atom is -0.322 e. The van der Waals surface area contributed by atoms with Crippen LogP contribution in [0.15, 0.2) is 60.7 Å². The first kappa shape index (κ1) is 17.3. The summed E-state index contributed by atoms with van der Waals surface area (Å²) in [6.45, 7) is 2.80. The molecule has 0 unspecified atom stereocenters. The molecule has 0 fully saturated rings. The van der Waals surface area contributed by atoms with Crippen molar-refractivity contribution in [2.45, 2.75) is 26.2 Å². The number of hydrogen-bond acceptors (Lipinski definition) is 2. The molecule has 1 aliphatic heterocycles. The topological polar surface area (TPSA) is 49.4 Å². The monoisotopic (exact) mass is 358 g/mol. The van der Waals surface area contributed by atoms with Gasteiger partial charge in [0.25, 0.3) is 5.91 Å². The van der Waals surface area contributed by atoms with E-state index < -0.39 is 0 Å². The lowest BCUT2D eigenvalue weighted by Crippen LogP contribution is -2.35. The van der Waals surface area contributed by atoms with Crippen LogP contribution in [0.3, 0.4) is 0 Å². The number of carbonyl (C=O) groups excluding carboxylic acids is 2. The number of rotatable bonds is 4. The minimum absolute atomic E-state index is 0.127. The van der Waals surface area contributed by atoms with Gasteiger partial charge >= 0.3 is 0 Å². The van der Waals surface area contributed by atoms with Crippen LogP contribution in [0.25, 0.3) is 10.8 Å². The number of amides is 2. The molecule has 27 heavy (non-hydrogen) atoms. The van der Waals surface area contributed by atoms with Crippen molar-refractivity contribution in [3.05, 3.63) is 71.8 Å². The first-order chi connectivity index (χ1) is 13.2. The van der Waals surface area contributed by atoms with Gasteiger partial charge in [0.2, 0.25) is 5.91 Å².